The first kappa shape index (κ1) is 13.1. The molecule has 1 amide bonds. The molecule has 3 N–H and O–H groups in total. The molecule has 0 aliphatic carbocycles. The predicted molar refractivity (Wildman–Crippen MR) is 74.7 cm³/mol. The normalized spacial score (nSPS) is 19.3. The van der Waals surface area contributed by atoms with Gasteiger partial charge in [-0.3, -0.25) is 9.69 Å². The van der Waals surface area contributed by atoms with Crippen LogP contribution in [-0.4, -0.2) is 43.7 Å². The zero-order valence-electron chi connectivity index (χ0n) is 11.4. The van der Waals surface area contributed by atoms with Crippen LogP contribution in [0.15, 0.2) is 12.1 Å². The monoisotopic (exact) mass is 277 g/mol. The summed E-state index contributed by atoms with van der Waals surface area (Å²) in [4.78, 5) is 13.7. The third-order valence-electron chi connectivity index (χ3n) is 3.54. The molecule has 3 rings (SSSR count). The number of hydrogen-bond donors (Lipinski definition) is 2. The molecule has 0 radical (unpaired) electrons. The maximum absolute atomic E-state index is 11.6. The van der Waals surface area contributed by atoms with E-state index in [0.29, 0.717) is 37.7 Å². The fourth-order valence-electron chi connectivity index (χ4n) is 2.53. The molecule has 108 valence electrons. The van der Waals surface area contributed by atoms with Gasteiger partial charge in [-0.25, -0.2) is 0 Å². The van der Waals surface area contributed by atoms with Crippen LogP contribution in [0.25, 0.3) is 0 Å². The van der Waals surface area contributed by atoms with Gasteiger partial charge in [0.05, 0.1) is 6.54 Å². The fourth-order valence-corrected chi connectivity index (χ4v) is 2.53. The summed E-state index contributed by atoms with van der Waals surface area (Å²) >= 11 is 0. The van der Waals surface area contributed by atoms with E-state index in [1.54, 1.807) is 0 Å². The Balaban J connectivity index is 1.77. The number of amides is 1. The number of nitrogen functional groups attached to an aromatic ring is 1. The summed E-state index contributed by atoms with van der Waals surface area (Å²) < 4.78 is 11.1. The molecule has 6 nitrogen and oxygen atoms in total. The Labute approximate surface area is 117 Å². The fraction of sp³-hybridized carbons (Fsp3) is 0.500. The summed E-state index contributed by atoms with van der Waals surface area (Å²) in [5.41, 5.74) is 7.73. The van der Waals surface area contributed by atoms with Crippen molar-refractivity contribution in [1.29, 1.82) is 0 Å². The summed E-state index contributed by atoms with van der Waals surface area (Å²) in [6, 6.07) is 3.73. The summed E-state index contributed by atoms with van der Waals surface area (Å²) in [5.74, 6) is 1.50. The van der Waals surface area contributed by atoms with E-state index in [9.17, 15) is 4.79 Å². The summed E-state index contributed by atoms with van der Waals surface area (Å²) in [6.07, 6.45) is 0.955. The van der Waals surface area contributed by atoms with E-state index in [2.05, 4.69) is 10.2 Å². The van der Waals surface area contributed by atoms with Gasteiger partial charge in [-0.2, -0.15) is 0 Å². The Hall–Kier alpha value is -1.95. The van der Waals surface area contributed by atoms with E-state index in [1.807, 2.05) is 12.1 Å². The van der Waals surface area contributed by atoms with Crippen LogP contribution in [0.2, 0.25) is 0 Å². The smallest absolute Gasteiger partial charge is 0.234 e. The van der Waals surface area contributed by atoms with Gasteiger partial charge in [0.2, 0.25) is 5.91 Å². The van der Waals surface area contributed by atoms with Gasteiger partial charge in [-0.15, -0.1) is 0 Å². The number of nitrogens with zero attached hydrogens (tertiary/aromatic N) is 1. The van der Waals surface area contributed by atoms with Gasteiger partial charge in [0.1, 0.15) is 13.2 Å². The van der Waals surface area contributed by atoms with Gasteiger partial charge in [0.15, 0.2) is 11.5 Å². The molecule has 2 aliphatic rings. The second-order valence-corrected chi connectivity index (χ2v) is 5.11. The van der Waals surface area contributed by atoms with Crippen LogP contribution in [0.3, 0.4) is 0 Å². The van der Waals surface area contributed by atoms with E-state index in [4.69, 9.17) is 15.2 Å². The average molecular weight is 277 g/mol. The Morgan fingerprint density at radius 2 is 2.00 bits per heavy atom. The Bertz CT molecular complexity index is 519. The Morgan fingerprint density at radius 1 is 1.25 bits per heavy atom. The molecule has 2 heterocycles. The number of carbonyl (C=O) groups excluding carboxylic acids is 1. The van der Waals surface area contributed by atoms with Crippen LogP contribution in [0, 0.1) is 0 Å². The zero-order chi connectivity index (χ0) is 13.9. The van der Waals surface area contributed by atoms with Crippen molar-refractivity contribution in [3.63, 3.8) is 0 Å². The van der Waals surface area contributed by atoms with Crippen LogP contribution in [0.1, 0.15) is 12.0 Å². The standard InChI is InChI=1S/C14H19N3O3/c15-11-7-13-12(19-4-5-20-13)6-10(11)8-17-3-1-2-16-14(18)9-17/h6-7H,1-5,8-9,15H2,(H,16,18). The van der Waals surface area contributed by atoms with Crippen molar-refractivity contribution in [3.05, 3.63) is 17.7 Å². The van der Waals surface area contributed by atoms with Crippen LogP contribution in [0.4, 0.5) is 5.69 Å². The van der Waals surface area contributed by atoms with Crippen LogP contribution in [0.5, 0.6) is 11.5 Å². The van der Waals surface area contributed by atoms with Crippen molar-refractivity contribution in [2.75, 3.05) is 38.6 Å². The minimum Gasteiger partial charge on any atom is -0.486 e. The summed E-state index contributed by atoms with van der Waals surface area (Å²) in [5, 5.41) is 2.87. The molecule has 0 atom stereocenters. The summed E-state index contributed by atoms with van der Waals surface area (Å²) in [7, 11) is 0. The molecule has 1 fully saturated rings. The number of nitrogens with one attached hydrogen (secondary N) is 1. The molecule has 0 bridgehead atoms. The molecule has 1 aromatic carbocycles. The number of carbonyl (C=O) groups is 1. The van der Waals surface area contributed by atoms with Crippen LogP contribution in [-0.2, 0) is 11.3 Å². The lowest BCUT2D eigenvalue weighted by atomic mass is 10.1. The molecule has 6 heteroatoms. The van der Waals surface area contributed by atoms with Crippen molar-refractivity contribution in [3.8, 4) is 11.5 Å². The first-order valence-corrected chi connectivity index (χ1v) is 6.89. The Morgan fingerprint density at radius 3 is 2.80 bits per heavy atom. The largest absolute Gasteiger partial charge is 0.486 e. The zero-order valence-corrected chi connectivity index (χ0v) is 11.4. The van der Waals surface area contributed by atoms with Gasteiger partial charge in [-0.1, -0.05) is 0 Å². The quantitative estimate of drug-likeness (QED) is 0.763. The lowest BCUT2D eigenvalue weighted by molar-refractivity contribution is -0.121. The SMILES string of the molecule is Nc1cc2c(cc1CN1CCCNC(=O)C1)OCCO2. The van der Waals surface area contributed by atoms with E-state index in [1.165, 1.54) is 0 Å². The van der Waals surface area contributed by atoms with Crippen molar-refractivity contribution in [2.24, 2.45) is 0 Å². The third-order valence-corrected chi connectivity index (χ3v) is 3.54. The first-order chi connectivity index (χ1) is 9.72. The lowest BCUT2D eigenvalue weighted by Crippen LogP contribution is -2.32. The van der Waals surface area contributed by atoms with Gasteiger partial charge < -0.3 is 20.5 Å². The molecule has 1 saturated heterocycles. The molecular formula is C14H19N3O3. The number of nitrogens with two attached hydrogens (primary N) is 1. The molecule has 0 spiro atoms. The highest BCUT2D eigenvalue weighted by atomic mass is 16.6. The summed E-state index contributed by atoms with van der Waals surface area (Å²) in [6.45, 7) is 3.79. The van der Waals surface area contributed by atoms with Crippen LogP contribution < -0.4 is 20.5 Å². The number of benzene rings is 1. The highest BCUT2D eigenvalue weighted by Crippen LogP contribution is 2.34. The van der Waals surface area contributed by atoms with Gasteiger partial charge >= 0.3 is 0 Å². The highest BCUT2D eigenvalue weighted by Gasteiger charge is 2.19. The van der Waals surface area contributed by atoms with Gasteiger partial charge in [0.25, 0.3) is 0 Å². The Kier molecular flexibility index (Phi) is 3.64. The molecule has 2 aliphatic heterocycles. The maximum atomic E-state index is 11.6. The van der Waals surface area contributed by atoms with Crippen molar-refractivity contribution in [2.45, 2.75) is 13.0 Å². The van der Waals surface area contributed by atoms with Crippen molar-refractivity contribution in [1.82, 2.24) is 10.2 Å². The van der Waals surface area contributed by atoms with Crippen molar-refractivity contribution >= 4 is 11.6 Å². The molecule has 0 unspecified atom stereocenters. The molecular weight excluding hydrogens is 258 g/mol. The van der Waals surface area contributed by atoms with E-state index in [-0.39, 0.29) is 5.91 Å². The maximum Gasteiger partial charge on any atom is 0.234 e. The second kappa shape index (κ2) is 5.58. The van der Waals surface area contributed by atoms with Crippen LogP contribution >= 0.6 is 0 Å². The number of anilines is 1. The lowest BCUT2D eigenvalue weighted by Gasteiger charge is -2.23. The minimum absolute atomic E-state index is 0.0682. The van der Waals surface area contributed by atoms with Gasteiger partial charge in [0, 0.05) is 31.4 Å². The highest BCUT2D eigenvalue weighted by molar-refractivity contribution is 5.78. The van der Waals surface area contributed by atoms with E-state index in [0.717, 1.165) is 30.8 Å². The molecule has 1 aromatic rings. The third kappa shape index (κ3) is 2.80. The van der Waals surface area contributed by atoms with E-state index < -0.39 is 0 Å². The molecule has 0 aromatic heterocycles. The number of ether oxygens (including phenoxy) is 2. The topological polar surface area (TPSA) is 76.8 Å². The number of rotatable bonds is 2. The predicted octanol–water partition coefficient (Wildman–Crippen LogP) is 0.362. The minimum atomic E-state index is 0.0682. The van der Waals surface area contributed by atoms with E-state index >= 15 is 0 Å². The van der Waals surface area contributed by atoms with Gasteiger partial charge in [-0.05, 0) is 18.1 Å². The average Bonchev–Trinajstić information content (AvgIpc) is 2.64. The molecule has 0 saturated carbocycles. The molecule has 20 heavy (non-hydrogen) atoms. The first-order valence-electron chi connectivity index (χ1n) is 6.89. The second-order valence-electron chi connectivity index (χ2n) is 5.11. The number of fused-ring (bicyclic) bond motifs is 1. The number of hydrogen-bond acceptors (Lipinski definition) is 5. The van der Waals surface area contributed by atoms with Crippen molar-refractivity contribution < 1.29 is 14.3 Å².